The molecule has 3 nitrogen and oxygen atoms in total. The van der Waals surface area contributed by atoms with Crippen LogP contribution in [-0.2, 0) is 0 Å². The van der Waals surface area contributed by atoms with Crippen molar-refractivity contribution in [2.45, 2.75) is 19.3 Å². The number of nitrogens with one attached hydrogen (secondary N) is 1. The zero-order valence-electron chi connectivity index (χ0n) is 11.3. The Labute approximate surface area is 119 Å². The summed E-state index contributed by atoms with van der Waals surface area (Å²) in [4.78, 5) is 8.32. The maximum atomic E-state index is 4.39. The molecule has 5 heteroatoms. The largest absolute Gasteiger partial charge is 0.320 e. The van der Waals surface area contributed by atoms with Gasteiger partial charge < -0.3 is 5.32 Å². The molecule has 0 saturated heterocycles. The molecule has 0 rings (SSSR count). The Balaban J connectivity index is 3.89. The Morgan fingerprint density at radius 3 is 2.83 bits per heavy atom. The molecule has 0 fully saturated rings. The maximum absolute atomic E-state index is 4.39. The third-order valence-corrected chi connectivity index (χ3v) is 3.64. The second-order valence-electron chi connectivity index (χ2n) is 4.13. The Morgan fingerprint density at radius 1 is 1.50 bits per heavy atom. The summed E-state index contributed by atoms with van der Waals surface area (Å²) in [6.07, 6.45) is 8.10. The minimum atomic E-state index is 0.734. The predicted octanol–water partition coefficient (Wildman–Crippen LogP) is 2.45. The summed E-state index contributed by atoms with van der Waals surface area (Å²) in [7, 11) is 4.82. The zero-order chi connectivity index (χ0) is 13.6. The molecule has 0 aromatic carbocycles. The van der Waals surface area contributed by atoms with Crippen LogP contribution in [0.15, 0.2) is 21.8 Å². The van der Waals surface area contributed by atoms with Crippen molar-refractivity contribution in [3.05, 3.63) is 11.8 Å². The van der Waals surface area contributed by atoms with Gasteiger partial charge in [0, 0.05) is 18.5 Å². The van der Waals surface area contributed by atoms with E-state index in [0.717, 1.165) is 49.5 Å². The van der Waals surface area contributed by atoms with Crippen LogP contribution in [-0.4, -0.2) is 45.0 Å². The van der Waals surface area contributed by atoms with E-state index >= 15 is 0 Å². The van der Waals surface area contributed by atoms with Crippen LogP contribution in [0.5, 0.6) is 0 Å². The highest BCUT2D eigenvalue weighted by Crippen LogP contribution is 2.11. The van der Waals surface area contributed by atoms with Crippen LogP contribution in [0.25, 0.3) is 0 Å². The molecule has 0 heterocycles. The quantitative estimate of drug-likeness (QED) is 0.342. The summed E-state index contributed by atoms with van der Waals surface area (Å²) in [6.45, 7) is 5.49. The van der Waals surface area contributed by atoms with Gasteiger partial charge in [0.15, 0.2) is 0 Å². The molecule has 0 aromatic heterocycles. The lowest BCUT2D eigenvalue weighted by atomic mass is 10.0. The third kappa shape index (κ3) is 9.81. The molecule has 0 spiro atoms. The van der Waals surface area contributed by atoms with Gasteiger partial charge in [-0.3, -0.25) is 9.98 Å². The van der Waals surface area contributed by atoms with Crippen molar-refractivity contribution >= 4 is 34.8 Å². The average Bonchev–Trinajstić information content (AvgIpc) is 2.40. The summed E-state index contributed by atoms with van der Waals surface area (Å²) in [5.41, 5.74) is 0.950. The fourth-order valence-electron chi connectivity index (χ4n) is 1.53. The first kappa shape index (κ1) is 17.8. The van der Waals surface area contributed by atoms with Gasteiger partial charge in [0.1, 0.15) is 0 Å². The summed E-state index contributed by atoms with van der Waals surface area (Å²) in [6, 6.07) is 0. The molecule has 0 saturated carbocycles. The van der Waals surface area contributed by atoms with E-state index in [2.05, 4.69) is 43.9 Å². The molecule has 104 valence electrons. The monoisotopic (exact) mass is 287 g/mol. The first-order chi connectivity index (χ1) is 8.78. The van der Waals surface area contributed by atoms with E-state index in [1.165, 1.54) is 6.42 Å². The van der Waals surface area contributed by atoms with E-state index < -0.39 is 0 Å². The highest BCUT2D eigenvalue weighted by molar-refractivity contribution is 7.80. The van der Waals surface area contributed by atoms with Gasteiger partial charge in [-0.2, -0.15) is 12.6 Å². The maximum Gasteiger partial charge on any atom is 0.0419 e. The van der Waals surface area contributed by atoms with Gasteiger partial charge in [0.2, 0.25) is 0 Å². The van der Waals surface area contributed by atoms with E-state index in [1.807, 2.05) is 19.3 Å². The Morgan fingerprint density at radius 2 is 2.28 bits per heavy atom. The minimum absolute atomic E-state index is 0.734. The van der Waals surface area contributed by atoms with E-state index in [9.17, 15) is 0 Å². The van der Waals surface area contributed by atoms with Gasteiger partial charge in [-0.1, -0.05) is 0 Å². The standard InChI is InChI=1S/C13H26N3PS/c1-14-7-3-12(11-17)4-8-16-9-5-13(15-2)6-10-18/h5,9,12,14,18H,2-4,6-8,10-11,17H2,1H3/b13-5-,16-9?. The molecule has 0 aliphatic carbocycles. The Kier molecular flexibility index (Phi) is 13.1. The number of rotatable bonds is 11. The van der Waals surface area contributed by atoms with Crippen molar-refractivity contribution in [2.24, 2.45) is 15.9 Å². The molecule has 0 radical (unpaired) electrons. The summed E-state index contributed by atoms with van der Waals surface area (Å²) >= 11 is 4.17. The van der Waals surface area contributed by atoms with Crippen LogP contribution in [0.3, 0.4) is 0 Å². The van der Waals surface area contributed by atoms with Gasteiger partial charge in [0.05, 0.1) is 0 Å². The normalized spacial score (nSPS) is 14.1. The molecular weight excluding hydrogens is 261 g/mol. The van der Waals surface area contributed by atoms with Crippen molar-refractivity contribution in [2.75, 3.05) is 32.1 Å². The highest BCUT2D eigenvalue weighted by Gasteiger charge is 2.04. The molecule has 2 unspecified atom stereocenters. The van der Waals surface area contributed by atoms with Gasteiger partial charge in [-0.15, -0.1) is 9.24 Å². The Hall–Kier alpha value is -0.180. The predicted molar refractivity (Wildman–Crippen MR) is 90.7 cm³/mol. The minimum Gasteiger partial charge on any atom is -0.320 e. The highest BCUT2D eigenvalue weighted by atomic mass is 32.1. The van der Waals surface area contributed by atoms with Crippen molar-refractivity contribution in [1.29, 1.82) is 0 Å². The number of nitrogens with zero attached hydrogens (tertiary/aromatic N) is 2. The SMILES string of the molecule is C=N/C(=C\C=NCCC(CP)CCNC)CCS. The number of thiol groups is 1. The third-order valence-electron chi connectivity index (χ3n) is 2.75. The van der Waals surface area contributed by atoms with Crippen molar-refractivity contribution in [3.8, 4) is 0 Å². The topological polar surface area (TPSA) is 36.8 Å². The van der Waals surface area contributed by atoms with Crippen molar-refractivity contribution in [1.82, 2.24) is 5.32 Å². The first-order valence-corrected chi connectivity index (χ1v) is 7.84. The summed E-state index contributed by atoms with van der Waals surface area (Å²) in [5, 5.41) is 3.19. The molecule has 0 amide bonds. The molecule has 18 heavy (non-hydrogen) atoms. The summed E-state index contributed by atoms with van der Waals surface area (Å²) < 4.78 is 0. The summed E-state index contributed by atoms with van der Waals surface area (Å²) in [5.74, 6) is 1.52. The van der Waals surface area contributed by atoms with E-state index in [1.54, 1.807) is 0 Å². The fraction of sp³-hybridized carbons (Fsp3) is 0.692. The van der Waals surface area contributed by atoms with Crippen LogP contribution in [0.1, 0.15) is 19.3 Å². The van der Waals surface area contributed by atoms with Gasteiger partial charge in [-0.25, -0.2) is 0 Å². The second kappa shape index (κ2) is 13.3. The average molecular weight is 287 g/mol. The van der Waals surface area contributed by atoms with Crippen LogP contribution in [0.4, 0.5) is 0 Å². The van der Waals surface area contributed by atoms with Gasteiger partial charge >= 0.3 is 0 Å². The van der Waals surface area contributed by atoms with Crippen LogP contribution in [0.2, 0.25) is 0 Å². The van der Waals surface area contributed by atoms with Crippen molar-refractivity contribution < 1.29 is 0 Å². The fourth-order valence-corrected chi connectivity index (χ4v) is 2.23. The molecular formula is C13H26N3PS. The zero-order valence-corrected chi connectivity index (χ0v) is 13.4. The lowest BCUT2D eigenvalue weighted by Gasteiger charge is -2.12. The number of aliphatic imine (C=N–C) groups is 2. The Bertz CT molecular complexity index is 267. The van der Waals surface area contributed by atoms with Crippen LogP contribution >= 0.6 is 21.9 Å². The molecule has 0 aliphatic rings. The van der Waals surface area contributed by atoms with Gasteiger partial charge in [-0.05, 0) is 63.5 Å². The number of hydrogen-bond donors (Lipinski definition) is 2. The molecule has 0 aliphatic heterocycles. The van der Waals surface area contributed by atoms with E-state index in [-0.39, 0.29) is 0 Å². The smallest absolute Gasteiger partial charge is 0.0419 e. The molecule has 1 N–H and O–H groups in total. The van der Waals surface area contributed by atoms with E-state index in [4.69, 9.17) is 0 Å². The van der Waals surface area contributed by atoms with Gasteiger partial charge in [0.25, 0.3) is 0 Å². The lowest BCUT2D eigenvalue weighted by Crippen LogP contribution is -2.14. The first-order valence-electron chi connectivity index (χ1n) is 6.39. The van der Waals surface area contributed by atoms with E-state index in [0.29, 0.717) is 0 Å². The number of allylic oxidation sites excluding steroid dienone is 2. The number of hydrogen-bond acceptors (Lipinski definition) is 4. The van der Waals surface area contributed by atoms with Crippen LogP contribution < -0.4 is 5.32 Å². The van der Waals surface area contributed by atoms with Crippen LogP contribution in [0, 0.1) is 5.92 Å². The lowest BCUT2D eigenvalue weighted by molar-refractivity contribution is 0.496. The molecule has 0 aromatic rings. The molecule has 0 bridgehead atoms. The second-order valence-corrected chi connectivity index (χ2v) is 5.05. The van der Waals surface area contributed by atoms with Crippen molar-refractivity contribution in [3.63, 3.8) is 0 Å². The molecule has 2 atom stereocenters.